The van der Waals surface area contributed by atoms with E-state index in [0.29, 0.717) is 48.4 Å². The van der Waals surface area contributed by atoms with E-state index in [2.05, 4.69) is 24.6 Å². The van der Waals surface area contributed by atoms with Crippen molar-refractivity contribution in [1.29, 1.82) is 0 Å². The van der Waals surface area contributed by atoms with Gasteiger partial charge in [0.05, 0.1) is 17.4 Å². The molecule has 31 heavy (non-hydrogen) atoms. The van der Waals surface area contributed by atoms with Gasteiger partial charge < -0.3 is 4.90 Å². The Morgan fingerprint density at radius 3 is 2.77 bits per heavy atom. The van der Waals surface area contributed by atoms with Gasteiger partial charge in [0.2, 0.25) is 0 Å². The lowest BCUT2D eigenvalue weighted by Gasteiger charge is -2.34. The van der Waals surface area contributed by atoms with Crippen molar-refractivity contribution in [1.82, 2.24) is 29.6 Å². The molecule has 5 heterocycles. The molecule has 1 aliphatic heterocycles. The molecular weight excluding hydrogens is 403 g/mol. The normalized spacial score (nSPS) is 16.0. The SMILES string of the molecule is CC1(F)CCN(C(=O)c2cnc3c(ccn3-c3cncc(-c4noc(=O)[nH]4)c3)c2)CC1. The summed E-state index contributed by atoms with van der Waals surface area (Å²) in [6.45, 7) is 2.37. The van der Waals surface area contributed by atoms with Crippen LogP contribution in [0.25, 0.3) is 28.1 Å². The van der Waals surface area contributed by atoms with E-state index in [1.165, 1.54) is 6.20 Å². The van der Waals surface area contributed by atoms with Crippen molar-refractivity contribution in [3.8, 4) is 17.1 Å². The molecule has 0 unspecified atom stereocenters. The van der Waals surface area contributed by atoms with Crippen LogP contribution in [0.15, 0.2) is 52.3 Å². The molecule has 9 nitrogen and oxygen atoms in total. The molecule has 4 aromatic heterocycles. The van der Waals surface area contributed by atoms with Crippen molar-refractivity contribution in [2.24, 2.45) is 0 Å². The van der Waals surface area contributed by atoms with Crippen LogP contribution in [-0.4, -0.2) is 54.2 Å². The van der Waals surface area contributed by atoms with Gasteiger partial charge in [0.1, 0.15) is 11.3 Å². The molecule has 0 atom stereocenters. The van der Waals surface area contributed by atoms with E-state index in [4.69, 9.17) is 0 Å². The van der Waals surface area contributed by atoms with Crippen molar-refractivity contribution < 1.29 is 13.7 Å². The first-order valence-electron chi connectivity index (χ1n) is 9.87. The van der Waals surface area contributed by atoms with Crippen LogP contribution in [0, 0.1) is 0 Å². The predicted molar refractivity (Wildman–Crippen MR) is 110 cm³/mol. The summed E-state index contributed by atoms with van der Waals surface area (Å²) in [5, 5.41) is 4.47. The van der Waals surface area contributed by atoms with Gasteiger partial charge in [-0.25, -0.2) is 14.2 Å². The minimum atomic E-state index is -1.21. The summed E-state index contributed by atoms with van der Waals surface area (Å²) in [5.41, 5.74) is 1.21. The fourth-order valence-corrected chi connectivity index (χ4v) is 3.75. The van der Waals surface area contributed by atoms with Crippen molar-refractivity contribution in [3.05, 3.63) is 59.1 Å². The molecular formula is C21H19FN6O3. The molecule has 1 amide bonds. The summed E-state index contributed by atoms with van der Waals surface area (Å²) in [6.07, 6.45) is 7.26. The molecule has 1 aliphatic rings. The number of likely N-dealkylation sites (tertiary alicyclic amines) is 1. The van der Waals surface area contributed by atoms with Crippen LogP contribution in [0.3, 0.4) is 0 Å². The number of rotatable bonds is 3. The summed E-state index contributed by atoms with van der Waals surface area (Å²) < 4.78 is 20.4. The predicted octanol–water partition coefficient (Wildman–Crippen LogP) is 2.73. The number of nitrogens with zero attached hydrogens (tertiary/aromatic N) is 5. The Bertz CT molecular complexity index is 1330. The van der Waals surface area contributed by atoms with E-state index in [-0.39, 0.29) is 11.7 Å². The maximum atomic E-state index is 14.0. The molecule has 1 N–H and O–H groups in total. The number of nitrogens with one attached hydrogen (secondary N) is 1. The second-order valence-electron chi connectivity index (χ2n) is 7.90. The number of alkyl halides is 1. The van der Waals surface area contributed by atoms with Crippen LogP contribution in [0.1, 0.15) is 30.1 Å². The zero-order valence-electron chi connectivity index (χ0n) is 16.7. The largest absolute Gasteiger partial charge is 0.439 e. The van der Waals surface area contributed by atoms with Gasteiger partial charge in [-0.05, 0) is 38.0 Å². The summed E-state index contributed by atoms with van der Waals surface area (Å²) in [7, 11) is 0. The van der Waals surface area contributed by atoms with Crippen molar-refractivity contribution in [2.45, 2.75) is 25.4 Å². The Morgan fingerprint density at radius 1 is 1.23 bits per heavy atom. The number of aromatic amines is 1. The third kappa shape index (κ3) is 3.60. The summed E-state index contributed by atoms with van der Waals surface area (Å²) in [5.74, 6) is -0.505. The maximum Gasteiger partial charge on any atom is 0.439 e. The fourth-order valence-electron chi connectivity index (χ4n) is 3.75. The lowest BCUT2D eigenvalue weighted by atomic mass is 9.95. The van der Waals surface area contributed by atoms with Gasteiger partial charge in [-0.1, -0.05) is 5.16 Å². The van der Waals surface area contributed by atoms with Crippen molar-refractivity contribution >= 4 is 16.9 Å². The van der Waals surface area contributed by atoms with Gasteiger partial charge in [0, 0.05) is 42.6 Å². The Kier molecular flexibility index (Phi) is 4.42. The summed E-state index contributed by atoms with van der Waals surface area (Å²) in [6, 6.07) is 5.44. The van der Waals surface area contributed by atoms with Crippen LogP contribution in [0.4, 0.5) is 4.39 Å². The van der Waals surface area contributed by atoms with Gasteiger partial charge in [-0.2, -0.15) is 0 Å². The molecule has 0 radical (unpaired) electrons. The zero-order valence-corrected chi connectivity index (χ0v) is 16.7. The lowest BCUT2D eigenvalue weighted by molar-refractivity contribution is 0.0504. The Morgan fingerprint density at radius 2 is 2.03 bits per heavy atom. The molecule has 5 rings (SSSR count). The quantitative estimate of drug-likeness (QED) is 0.544. The van der Waals surface area contributed by atoms with Crippen LogP contribution in [-0.2, 0) is 0 Å². The average molecular weight is 422 g/mol. The van der Waals surface area contributed by atoms with Crippen LogP contribution in [0.2, 0.25) is 0 Å². The van der Waals surface area contributed by atoms with E-state index >= 15 is 0 Å². The molecule has 0 bridgehead atoms. The highest BCUT2D eigenvalue weighted by Gasteiger charge is 2.32. The standard InChI is InChI=1S/C21H19FN6O3/c1-21(22)3-6-27(7-4-21)19(29)15-8-13-2-5-28(18(13)24-11-15)16-9-14(10-23-12-16)17-25-20(30)31-26-17/h2,5,8-12H,3-4,6-7H2,1H3,(H,25,26,30). The first kappa shape index (κ1) is 19.2. The summed E-state index contributed by atoms with van der Waals surface area (Å²) in [4.78, 5) is 36.9. The summed E-state index contributed by atoms with van der Waals surface area (Å²) >= 11 is 0. The maximum absolute atomic E-state index is 14.0. The number of aromatic nitrogens is 5. The number of hydrogen-bond acceptors (Lipinski definition) is 6. The van der Waals surface area contributed by atoms with E-state index in [1.54, 1.807) is 36.4 Å². The molecule has 0 spiro atoms. The molecule has 1 fully saturated rings. The van der Waals surface area contributed by atoms with Gasteiger partial charge in [-0.3, -0.25) is 23.9 Å². The van der Waals surface area contributed by atoms with E-state index in [0.717, 1.165) is 5.39 Å². The Hall–Kier alpha value is -3.82. The van der Waals surface area contributed by atoms with Crippen molar-refractivity contribution in [3.63, 3.8) is 0 Å². The number of piperidine rings is 1. The Labute approximate surface area is 175 Å². The number of amides is 1. The number of pyridine rings is 2. The lowest BCUT2D eigenvalue weighted by Crippen LogP contribution is -2.43. The molecule has 158 valence electrons. The highest BCUT2D eigenvalue weighted by molar-refractivity contribution is 5.97. The third-order valence-corrected chi connectivity index (χ3v) is 5.58. The number of fused-ring (bicyclic) bond motifs is 1. The number of carbonyl (C=O) groups excluding carboxylic acids is 1. The minimum absolute atomic E-state index is 0.142. The number of halogens is 1. The van der Waals surface area contributed by atoms with Gasteiger partial charge in [-0.15, -0.1) is 0 Å². The monoisotopic (exact) mass is 422 g/mol. The minimum Gasteiger partial charge on any atom is -0.338 e. The van der Waals surface area contributed by atoms with E-state index < -0.39 is 11.4 Å². The Balaban J connectivity index is 1.44. The zero-order chi connectivity index (χ0) is 21.6. The second-order valence-corrected chi connectivity index (χ2v) is 7.90. The second kappa shape index (κ2) is 7.15. The smallest absolute Gasteiger partial charge is 0.338 e. The van der Waals surface area contributed by atoms with Crippen LogP contribution < -0.4 is 5.76 Å². The van der Waals surface area contributed by atoms with Crippen molar-refractivity contribution in [2.75, 3.05) is 13.1 Å². The fraction of sp³-hybridized carbons (Fsp3) is 0.286. The van der Waals surface area contributed by atoms with Gasteiger partial charge in [0.25, 0.3) is 5.91 Å². The van der Waals surface area contributed by atoms with Gasteiger partial charge >= 0.3 is 5.76 Å². The number of hydrogen-bond donors (Lipinski definition) is 1. The van der Waals surface area contributed by atoms with E-state index in [1.807, 2.05) is 16.8 Å². The van der Waals surface area contributed by atoms with Crippen LogP contribution in [0.5, 0.6) is 0 Å². The molecule has 0 aliphatic carbocycles. The molecule has 1 saturated heterocycles. The first-order valence-corrected chi connectivity index (χ1v) is 9.87. The van der Waals surface area contributed by atoms with Crippen LogP contribution >= 0.6 is 0 Å². The van der Waals surface area contributed by atoms with E-state index in [9.17, 15) is 14.0 Å². The highest BCUT2D eigenvalue weighted by atomic mass is 19.1. The third-order valence-electron chi connectivity index (χ3n) is 5.58. The van der Waals surface area contributed by atoms with Gasteiger partial charge in [0.15, 0.2) is 5.82 Å². The molecule has 4 aromatic rings. The topological polar surface area (TPSA) is 110 Å². The average Bonchev–Trinajstić information content (AvgIpc) is 3.39. The molecule has 0 saturated carbocycles. The molecule has 10 heteroatoms. The number of H-pyrrole nitrogens is 1. The first-order chi connectivity index (χ1) is 14.9. The highest BCUT2D eigenvalue weighted by Crippen LogP contribution is 2.27. The molecule has 0 aromatic carbocycles. The number of carbonyl (C=O) groups is 1.